The molecule has 0 saturated carbocycles. The average Bonchev–Trinajstić information content (AvgIpc) is 2.70. The van der Waals surface area contributed by atoms with Crippen LogP contribution in [0.3, 0.4) is 0 Å². The molecule has 0 aromatic rings. The van der Waals surface area contributed by atoms with E-state index >= 15 is 0 Å². The maximum absolute atomic E-state index is 5.36. The minimum absolute atomic E-state index is 0.586. The first-order valence-electron chi connectivity index (χ1n) is 5.59. The van der Waals surface area contributed by atoms with E-state index in [9.17, 15) is 0 Å². The third-order valence-corrected chi connectivity index (χ3v) is 2.89. The van der Waals surface area contributed by atoms with Gasteiger partial charge in [0.25, 0.3) is 0 Å². The van der Waals surface area contributed by atoms with Gasteiger partial charge >= 0.3 is 0 Å². The zero-order chi connectivity index (χ0) is 10.2. The molecule has 0 amide bonds. The van der Waals surface area contributed by atoms with Crippen molar-refractivity contribution in [1.82, 2.24) is 5.32 Å². The fourth-order valence-corrected chi connectivity index (χ4v) is 1.80. The first-order chi connectivity index (χ1) is 6.84. The molecular weight excluding hydrogens is 174 g/mol. The van der Waals surface area contributed by atoms with Crippen LogP contribution in [-0.2, 0) is 4.74 Å². The largest absolute Gasteiger partial charge is 0.381 e. The molecule has 2 heteroatoms. The van der Waals surface area contributed by atoms with Crippen LogP contribution in [0.1, 0.15) is 32.6 Å². The molecule has 0 aliphatic carbocycles. The van der Waals surface area contributed by atoms with Crippen LogP contribution in [-0.4, -0.2) is 25.8 Å². The summed E-state index contributed by atoms with van der Waals surface area (Å²) >= 11 is 0. The first kappa shape index (κ1) is 11.6. The Hall–Kier alpha value is -0.520. The molecule has 1 rings (SSSR count). The van der Waals surface area contributed by atoms with Gasteiger partial charge in [-0.2, -0.15) is 0 Å². The lowest BCUT2D eigenvalue weighted by Crippen LogP contribution is -2.34. The Morgan fingerprint density at radius 1 is 1.57 bits per heavy atom. The van der Waals surface area contributed by atoms with Crippen molar-refractivity contribution in [2.75, 3.05) is 19.8 Å². The van der Waals surface area contributed by atoms with Crippen molar-refractivity contribution in [3.8, 4) is 12.3 Å². The van der Waals surface area contributed by atoms with Gasteiger partial charge in [-0.05, 0) is 38.6 Å². The van der Waals surface area contributed by atoms with Gasteiger partial charge in [-0.25, -0.2) is 0 Å². The van der Waals surface area contributed by atoms with Gasteiger partial charge in [-0.3, -0.25) is 0 Å². The lowest BCUT2D eigenvalue weighted by atomic mass is 10.0. The summed E-state index contributed by atoms with van der Waals surface area (Å²) < 4.78 is 5.36. The van der Waals surface area contributed by atoms with Gasteiger partial charge in [0.2, 0.25) is 0 Å². The maximum Gasteiger partial charge on any atom is 0.0509 e. The van der Waals surface area contributed by atoms with E-state index in [0.717, 1.165) is 32.6 Å². The lowest BCUT2D eigenvalue weighted by molar-refractivity contribution is 0.178. The topological polar surface area (TPSA) is 21.3 Å². The fourth-order valence-electron chi connectivity index (χ4n) is 1.80. The normalized spacial score (nSPS) is 23.3. The second kappa shape index (κ2) is 6.86. The number of unbranched alkanes of at least 4 members (excludes halogenated alkanes) is 2. The maximum atomic E-state index is 5.36. The van der Waals surface area contributed by atoms with Crippen molar-refractivity contribution in [2.24, 2.45) is 5.92 Å². The standard InChI is InChI=1S/C12H21NO/c1-3-4-5-6-8-13-11(2)12-7-9-14-10-12/h1,11-13H,4-10H2,2H3. The molecule has 80 valence electrons. The summed E-state index contributed by atoms with van der Waals surface area (Å²) in [5, 5.41) is 3.53. The number of nitrogens with one attached hydrogen (secondary N) is 1. The zero-order valence-corrected chi connectivity index (χ0v) is 9.09. The van der Waals surface area contributed by atoms with Crippen LogP contribution in [0, 0.1) is 18.3 Å². The van der Waals surface area contributed by atoms with Gasteiger partial charge in [-0.1, -0.05) is 0 Å². The molecule has 2 unspecified atom stereocenters. The van der Waals surface area contributed by atoms with Gasteiger partial charge in [0, 0.05) is 19.1 Å². The van der Waals surface area contributed by atoms with Crippen LogP contribution < -0.4 is 5.32 Å². The molecule has 2 nitrogen and oxygen atoms in total. The molecule has 1 N–H and O–H groups in total. The van der Waals surface area contributed by atoms with E-state index < -0.39 is 0 Å². The Morgan fingerprint density at radius 3 is 3.07 bits per heavy atom. The van der Waals surface area contributed by atoms with Crippen molar-refractivity contribution in [2.45, 2.75) is 38.6 Å². The van der Waals surface area contributed by atoms with Crippen LogP contribution in [0.25, 0.3) is 0 Å². The van der Waals surface area contributed by atoms with Crippen molar-refractivity contribution >= 4 is 0 Å². The predicted octanol–water partition coefficient (Wildman–Crippen LogP) is 1.80. The summed E-state index contributed by atoms with van der Waals surface area (Å²) in [4.78, 5) is 0. The van der Waals surface area contributed by atoms with E-state index in [2.05, 4.69) is 18.2 Å². The molecule has 1 saturated heterocycles. The molecular formula is C12H21NO. The molecule has 1 heterocycles. The summed E-state index contributed by atoms with van der Waals surface area (Å²) in [6.07, 6.45) is 9.61. The molecule has 1 aliphatic rings. The van der Waals surface area contributed by atoms with Gasteiger partial charge in [0.05, 0.1) is 6.61 Å². The Bertz CT molecular complexity index is 179. The van der Waals surface area contributed by atoms with Gasteiger partial charge in [0.15, 0.2) is 0 Å². The van der Waals surface area contributed by atoms with Crippen molar-refractivity contribution in [3.05, 3.63) is 0 Å². The van der Waals surface area contributed by atoms with E-state index in [1.54, 1.807) is 0 Å². The Labute approximate surface area is 87.4 Å². The second-order valence-electron chi connectivity index (χ2n) is 4.03. The first-order valence-corrected chi connectivity index (χ1v) is 5.59. The number of ether oxygens (including phenoxy) is 1. The minimum Gasteiger partial charge on any atom is -0.381 e. The molecule has 1 fully saturated rings. The SMILES string of the molecule is C#CCCCCNC(C)C1CCOC1. The quantitative estimate of drug-likeness (QED) is 0.515. The number of hydrogen-bond acceptors (Lipinski definition) is 2. The summed E-state index contributed by atoms with van der Waals surface area (Å²) in [5.74, 6) is 3.37. The third-order valence-electron chi connectivity index (χ3n) is 2.89. The second-order valence-corrected chi connectivity index (χ2v) is 4.03. The van der Waals surface area contributed by atoms with Crippen molar-refractivity contribution < 1.29 is 4.74 Å². The molecule has 0 bridgehead atoms. The van der Waals surface area contributed by atoms with E-state index in [-0.39, 0.29) is 0 Å². The number of hydrogen-bond donors (Lipinski definition) is 1. The van der Waals surface area contributed by atoms with Crippen LogP contribution >= 0.6 is 0 Å². The predicted molar refractivity (Wildman–Crippen MR) is 59.1 cm³/mol. The molecule has 1 aliphatic heterocycles. The van der Waals surface area contributed by atoms with Crippen LogP contribution in [0.15, 0.2) is 0 Å². The minimum atomic E-state index is 0.586. The highest BCUT2D eigenvalue weighted by molar-refractivity contribution is 4.83. The van der Waals surface area contributed by atoms with Gasteiger partial charge in [-0.15, -0.1) is 12.3 Å². The van der Waals surface area contributed by atoms with Crippen molar-refractivity contribution in [3.63, 3.8) is 0 Å². The summed E-state index contributed by atoms with van der Waals surface area (Å²) in [6.45, 7) is 5.20. The van der Waals surface area contributed by atoms with E-state index in [0.29, 0.717) is 12.0 Å². The highest BCUT2D eigenvalue weighted by atomic mass is 16.5. The molecule has 0 aromatic heterocycles. The molecule has 0 aromatic carbocycles. The Morgan fingerprint density at radius 2 is 2.43 bits per heavy atom. The average molecular weight is 195 g/mol. The molecule has 0 radical (unpaired) electrons. The van der Waals surface area contributed by atoms with Gasteiger partial charge < -0.3 is 10.1 Å². The fraction of sp³-hybridized carbons (Fsp3) is 0.833. The molecule has 2 atom stereocenters. The zero-order valence-electron chi connectivity index (χ0n) is 9.09. The number of rotatable bonds is 6. The Kier molecular flexibility index (Phi) is 5.66. The highest BCUT2D eigenvalue weighted by Crippen LogP contribution is 2.16. The monoisotopic (exact) mass is 195 g/mol. The highest BCUT2D eigenvalue weighted by Gasteiger charge is 2.21. The van der Waals surface area contributed by atoms with Crippen LogP contribution in [0.2, 0.25) is 0 Å². The van der Waals surface area contributed by atoms with E-state index in [1.165, 1.54) is 12.8 Å². The van der Waals surface area contributed by atoms with E-state index in [1.807, 2.05) is 0 Å². The van der Waals surface area contributed by atoms with Gasteiger partial charge in [0.1, 0.15) is 0 Å². The van der Waals surface area contributed by atoms with E-state index in [4.69, 9.17) is 11.2 Å². The molecule has 14 heavy (non-hydrogen) atoms. The smallest absolute Gasteiger partial charge is 0.0509 e. The van der Waals surface area contributed by atoms with Crippen LogP contribution in [0.4, 0.5) is 0 Å². The Balaban J connectivity index is 1.97. The summed E-state index contributed by atoms with van der Waals surface area (Å²) in [5.41, 5.74) is 0. The number of terminal acetylenes is 1. The molecule has 0 spiro atoms. The van der Waals surface area contributed by atoms with Crippen molar-refractivity contribution in [1.29, 1.82) is 0 Å². The van der Waals surface area contributed by atoms with Crippen LogP contribution in [0.5, 0.6) is 0 Å². The third kappa shape index (κ3) is 4.13. The summed E-state index contributed by atoms with van der Waals surface area (Å²) in [7, 11) is 0. The lowest BCUT2D eigenvalue weighted by Gasteiger charge is -2.18. The summed E-state index contributed by atoms with van der Waals surface area (Å²) in [6, 6.07) is 0.586.